The highest BCUT2D eigenvalue weighted by Gasteiger charge is 2.20. The molecule has 0 bridgehead atoms. The minimum absolute atomic E-state index is 0.332. The van der Waals surface area contributed by atoms with Gasteiger partial charge in [0.05, 0.1) is 18.6 Å². The van der Waals surface area contributed by atoms with Gasteiger partial charge in [0.2, 0.25) is 0 Å². The predicted octanol–water partition coefficient (Wildman–Crippen LogP) is 2.26. The van der Waals surface area contributed by atoms with Gasteiger partial charge in [0.15, 0.2) is 0 Å². The Balaban J connectivity index is 2.57. The predicted molar refractivity (Wildman–Crippen MR) is 67.3 cm³/mol. The van der Waals surface area contributed by atoms with E-state index in [1.54, 1.807) is 26.0 Å². The number of carbonyl (C=O) groups is 1. The quantitative estimate of drug-likeness (QED) is 0.795. The van der Waals surface area contributed by atoms with Crippen molar-refractivity contribution in [1.82, 2.24) is 0 Å². The smallest absolute Gasteiger partial charge is 0.311 e. The number of benzene rings is 1. The molecule has 0 aliphatic rings. The molecule has 0 radical (unpaired) electrons. The fraction of sp³-hybridized carbons (Fsp3) is 0.357. The van der Waals surface area contributed by atoms with Gasteiger partial charge in [-0.1, -0.05) is 42.5 Å². The molecule has 17 heavy (non-hydrogen) atoms. The van der Waals surface area contributed by atoms with Crippen molar-refractivity contribution >= 4 is 12.0 Å². The number of hydrogen-bond acceptors (Lipinski definition) is 3. The van der Waals surface area contributed by atoms with Gasteiger partial charge in [0.25, 0.3) is 0 Å². The molecule has 1 aromatic carbocycles. The van der Waals surface area contributed by atoms with Crippen molar-refractivity contribution in [3.05, 3.63) is 42.0 Å². The molecule has 0 heterocycles. The first-order chi connectivity index (χ1) is 8.15. The van der Waals surface area contributed by atoms with E-state index in [0.717, 1.165) is 5.56 Å². The first-order valence-electron chi connectivity index (χ1n) is 5.73. The van der Waals surface area contributed by atoms with Gasteiger partial charge in [0, 0.05) is 0 Å². The van der Waals surface area contributed by atoms with Gasteiger partial charge in [0.1, 0.15) is 0 Å². The molecule has 0 aromatic heterocycles. The van der Waals surface area contributed by atoms with Crippen LogP contribution in [0.4, 0.5) is 0 Å². The van der Waals surface area contributed by atoms with E-state index in [1.165, 1.54) is 0 Å². The Labute approximate surface area is 102 Å². The lowest BCUT2D eigenvalue weighted by Gasteiger charge is -2.13. The third-order valence-electron chi connectivity index (χ3n) is 2.46. The maximum atomic E-state index is 11.4. The minimum atomic E-state index is -0.825. The highest BCUT2D eigenvalue weighted by atomic mass is 16.5. The SMILES string of the molecule is CCOC(=O)[C@@H](C)[C@@H](O)/C=C/c1ccccc1. The van der Waals surface area contributed by atoms with Gasteiger partial charge in [-0.05, 0) is 19.4 Å². The molecule has 1 N–H and O–H groups in total. The number of aliphatic hydroxyl groups is 1. The first-order valence-corrected chi connectivity index (χ1v) is 5.73. The molecule has 1 rings (SSSR count). The molecule has 0 aliphatic carbocycles. The van der Waals surface area contributed by atoms with Crippen LogP contribution in [0.3, 0.4) is 0 Å². The van der Waals surface area contributed by atoms with Crippen molar-refractivity contribution in [1.29, 1.82) is 0 Å². The molecule has 0 aliphatic heterocycles. The summed E-state index contributed by atoms with van der Waals surface area (Å²) in [4.78, 5) is 11.4. The Bertz CT molecular complexity index is 370. The standard InChI is InChI=1S/C14H18O3/c1-3-17-14(16)11(2)13(15)10-9-12-7-5-4-6-8-12/h4-11,13,15H,3H2,1-2H3/b10-9+/t11-,13-/m0/s1. The Hall–Kier alpha value is -1.61. The molecule has 0 saturated carbocycles. The molecule has 3 nitrogen and oxygen atoms in total. The molecule has 1 aromatic rings. The number of aliphatic hydroxyl groups excluding tert-OH is 1. The van der Waals surface area contributed by atoms with Gasteiger partial charge < -0.3 is 9.84 Å². The monoisotopic (exact) mass is 234 g/mol. The van der Waals surface area contributed by atoms with Gasteiger partial charge in [-0.25, -0.2) is 0 Å². The fourth-order valence-electron chi connectivity index (χ4n) is 1.35. The van der Waals surface area contributed by atoms with Gasteiger partial charge in [-0.15, -0.1) is 0 Å². The number of ether oxygens (including phenoxy) is 1. The fourth-order valence-corrected chi connectivity index (χ4v) is 1.35. The van der Waals surface area contributed by atoms with E-state index < -0.39 is 12.0 Å². The second-order valence-electron chi connectivity index (χ2n) is 3.80. The molecule has 0 spiro atoms. The third-order valence-corrected chi connectivity index (χ3v) is 2.46. The Morgan fingerprint density at radius 3 is 2.65 bits per heavy atom. The van der Waals surface area contributed by atoms with Crippen LogP contribution >= 0.6 is 0 Å². The summed E-state index contributed by atoms with van der Waals surface area (Å²) in [6, 6.07) is 9.62. The molecule has 0 amide bonds. The van der Waals surface area contributed by atoms with E-state index in [9.17, 15) is 9.90 Å². The van der Waals surface area contributed by atoms with Gasteiger partial charge >= 0.3 is 5.97 Å². The number of carbonyl (C=O) groups excluding carboxylic acids is 1. The van der Waals surface area contributed by atoms with Crippen LogP contribution in [0.2, 0.25) is 0 Å². The molecule has 0 saturated heterocycles. The zero-order chi connectivity index (χ0) is 12.7. The molecule has 2 atom stereocenters. The highest BCUT2D eigenvalue weighted by molar-refractivity contribution is 5.73. The summed E-state index contributed by atoms with van der Waals surface area (Å²) < 4.78 is 4.84. The Morgan fingerprint density at radius 1 is 1.41 bits per heavy atom. The van der Waals surface area contributed by atoms with Crippen LogP contribution in [0, 0.1) is 5.92 Å². The summed E-state index contributed by atoms with van der Waals surface area (Å²) in [5.74, 6) is -0.923. The second-order valence-corrected chi connectivity index (χ2v) is 3.80. The molecular weight excluding hydrogens is 216 g/mol. The third kappa shape index (κ3) is 4.41. The molecular formula is C14H18O3. The summed E-state index contributed by atoms with van der Waals surface area (Å²) in [6.45, 7) is 3.73. The lowest BCUT2D eigenvalue weighted by molar-refractivity contribution is -0.150. The maximum Gasteiger partial charge on any atom is 0.311 e. The molecule has 0 unspecified atom stereocenters. The van der Waals surface area contributed by atoms with Crippen molar-refractivity contribution in [3.8, 4) is 0 Å². The van der Waals surface area contributed by atoms with Crippen LogP contribution in [0.1, 0.15) is 19.4 Å². The van der Waals surface area contributed by atoms with Crippen molar-refractivity contribution in [2.45, 2.75) is 20.0 Å². The van der Waals surface area contributed by atoms with Crippen molar-refractivity contribution in [2.24, 2.45) is 5.92 Å². The minimum Gasteiger partial charge on any atom is -0.466 e. The zero-order valence-electron chi connectivity index (χ0n) is 10.2. The Kier molecular flexibility index (Phi) is 5.43. The van der Waals surface area contributed by atoms with E-state index in [-0.39, 0.29) is 5.97 Å². The molecule has 92 valence electrons. The lowest BCUT2D eigenvalue weighted by atomic mass is 10.0. The summed E-state index contributed by atoms with van der Waals surface area (Å²) in [6.07, 6.45) is 2.58. The average Bonchev–Trinajstić information content (AvgIpc) is 2.36. The van der Waals surface area contributed by atoms with Crippen molar-refractivity contribution < 1.29 is 14.6 Å². The summed E-state index contributed by atoms with van der Waals surface area (Å²) in [5.41, 5.74) is 0.989. The van der Waals surface area contributed by atoms with Crippen molar-refractivity contribution in [2.75, 3.05) is 6.61 Å². The van der Waals surface area contributed by atoms with Crippen molar-refractivity contribution in [3.63, 3.8) is 0 Å². The maximum absolute atomic E-state index is 11.4. The van der Waals surface area contributed by atoms with Crippen LogP contribution in [-0.2, 0) is 9.53 Å². The van der Waals surface area contributed by atoms with E-state index in [0.29, 0.717) is 6.61 Å². The summed E-state index contributed by atoms with van der Waals surface area (Å²) in [5, 5.41) is 9.79. The normalized spacial score (nSPS) is 14.5. The average molecular weight is 234 g/mol. The number of hydrogen-bond donors (Lipinski definition) is 1. The topological polar surface area (TPSA) is 46.5 Å². The lowest BCUT2D eigenvalue weighted by Crippen LogP contribution is -2.25. The van der Waals surface area contributed by atoms with Crippen LogP contribution in [0.15, 0.2) is 36.4 Å². The summed E-state index contributed by atoms with van der Waals surface area (Å²) >= 11 is 0. The zero-order valence-corrected chi connectivity index (χ0v) is 10.2. The first kappa shape index (κ1) is 13.5. The molecule has 0 fully saturated rings. The van der Waals surface area contributed by atoms with Crippen LogP contribution in [-0.4, -0.2) is 23.8 Å². The Morgan fingerprint density at radius 2 is 2.06 bits per heavy atom. The van der Waals surface area contributed by atoms with Crippen LogP contribution in [0.25, 0.3) is 6.08 Å². The van der Waals surface area contributed by atoms with Crippen LogP contribution in [0.5, 0.6) is 0 Å². The number of rotatable bonds is 5. The van der Waals surface area contributed by atoms with E-state index in [2.05, 4.69) is 0 Å². The van der Waals surface area contributed by atoms with E-state index >= 15 is 0 Å². The largest absolute Gasteiger partial charge is 0.466 e. The van der Waals surface area contributed by atoms with Crippen LogP contribution < -0.4 is 0 Å². The molecule has 3 heteroatoms. The number of esters is 1. The van der Waals surface area contributed by atoms with Gasteiger partial charge in [-0.2, -0.15) is 0 Å². The highest BCUT2D eigenvalue weighted by Crippen LogP contribution is 2.09. The summed E-state index contributed by atoms with van der Waals surface area (Å²) in [7, 11) is 0. The van der Waals surface area contributed by atoms with Gasteiger partial charge in [-0.3, -0.25) is 4.79 Å². The van der Waals surface area contributed by atoms with E-state index in [1.807, 2.05) is 30.3 Å². The van der Waals surface area contributed by atoms with E-state index in [4.69, 9.17) is 4.74 Å². The second kappa shape index (κ2) is 6.86.